The first-order chi connectivity index (χ1) is 22.5. The molecule has 0 spiro atoms. The number of methoxy groups -OCH3 is 2. The smallest absolute Gasteiger partial charge is 0.407 e. The van der Waals surface area contributed by atoms with Crippen molar-refractivity contribution in [1.29, 1.82) is 0 Å². The summed E-state index contributed by atoms with van der Waals surface area (Å²) in [6, 6.07) is 4.65. The molecule has 2 aromatic rings. The average molecular weight is 655 g/mol. The molecule has 250 valence electrons. The lowest BCUT2D eigenvalue weighted by Gasteiger charge is -2.29. The maximum Gasteiger partial charge on any atom is 0.407 e. The Bertz CT molecular complexity index is 1620. The fraction of sp³-hybridized carbons (Fsp3) is 0.367. The molecule has 5 N–H and O–H groups in total. The number of ether oxygens (including phenoxy) is 3. The van der Waals surface area contributed by atoms with Crippen LogP contribution in [0.5, 0.6) is 11.5 Å². The number of hydrogen-bond donors (Lipinski definition) is 4. The number of benzene rings is 2. The van der Waals surface area contributed by atoms with E-state index in [9.17, 15) is 39.7 Å². The van der Waals surface area contributed by atoms with Gasteiger partial charge in [-0.1, -0.05) is 24.0 Å². The van der Waals surface area contributed by atoms with Gasteiger partial charge in [-0.25, -0.2) is 9.59 Å². The third-order valence-corrected chi connectivity index (χ3v) is 7.05. The number of carboxylic acid groups (broad SMARTS) is 1. The van der Waals surface area contributed by atoms with E-state index in [0.717, 1.165) is 32.1 Å². The van der Waals surface area contributed by atoms with Crippen LogP contribution in [0.2, 0.25) is 0 Å². The lowest BCUT2D eigenvalue weighted by Crippen LogP contribution is -2.38. The number of nitrogens with zero attached hydrogens (tertiary/aromatic N) is 3. The van der Waals surface area contributed by atoms with Gasteiger partial charge in [0.05, 0.1) is 29.6 Å². The Kier molecular flexibility index (Phi) is 12.7. The molecule has 1 saturated heterocycles. The number of primary amides is 1. The maximum absolute atomic E-state index is 11.9. The Balaban J connectivity index is 1.70. The molecule has 0 bridgehead atoms. The summed E-state index contributed by atoms with van der Waals surface area (Å²) in [5.74, 6) is 4.20. The number of carbonyl (C=O) groups excluding carboxylic acids is 2. The van der Waals surface area contributed by atoms with Gasteiger partial charge in [-0.2, -0.15) is 0 Å². The topological polar surface area (TPSA) is 239 Å². The maximum atomic E-state index is 11.9. The Morgan fingerprint density at radius 2 is 1.60 bits per heavy atom. The third-order valence-electron chi connectivity index (χ3n) is 7.05. The molecule has 17 nitrogen and oxygen atoms in total. The lowest BCUT2D eigenvalue weighted by molar-refractivity contribution is -0.384. The summed E-state index contributed by atoms with van der Waals surface area (Å²) in [7, 11) is 2.44. The molecular formula is C30H34N6O11. The van der Waals surface area contributed by atoms with Crippen molar-refractivity contribution < 1.29 is 43.5 Å². The van der Waals surface area contributed by atoms with Crippen molar-refractivity contribution in [1.82, 2.24) is 4.90 Å². The van der Waals surface area contributed by atoms with Crippen LogP contribution >= 0.6 is 0 Å². The summed E-state index contributed by atoms with van der Waals surface area (Å²) in [6.07, 6.45) is 4.25. The first-order valence-corrected chi connectivity index (χ1v) is 14.2. The van der Waals surface area contributed by atoms with Crippen LogP contribution in [0.4, 0.5) is 27.5 Å². The summed E-state index contributed by atoms with van der Waals surface area (Å²) >= 11 is 0. The average Bonchev–Trinajstić information content (AvgIpc) is 3.05. The van der Waals surface area contributed by atoms with Gasteiger partial charge in [0.25, 0.3) is 11.4 Å². The van der Waals surface area contributed by atoms with E-state index >= 15 is 0 Å². The van der Waals surface area contributed by atoms with E-state index in [2.05, 4.69) is 27.2 Å². The fourth-order valence-corrected chi connectivity index (χ4v) is 4.77. The molecule has 47 heavy (non-hydrogen) atoms. The normalized spacial score (nSPS) is 14.0. The summed E-state index contributed by atoms with van der Waals surface area (Å²) in [5.41, 5.74) is 4.29. The largest absolute Gasteiger partial charge is 0.494 e. The van der Waals surface area contributed by atoms with E-state index in [-0.39, 0.29) is 59.6 Å². The molecular weight excluding hydrogens is 620 g/mol. The minimum Gasteiger partial charge on any atom is -0.494 e. The number of hydrogen-bond acceptors (Lipinski definition) is 12. The molecule has 0 aromatic heterocycles. The molecule has 0 saturated carbocycles. The van der Waals surface area contributed by atoms with Gasteiger partial charge in [-0.3, -0.25) is 25.0 Å². The van der Waals surface area contributed by atoms with Gasteiger partial charge in [0, 0.05) is 50.3 Å². The van der Waals surface area contributed by atoms with Gasteiger partial charge in [0.15, 0.2) is 17.1 Å². The molecule has 0 aliphatic carbocycles. The monoisotopic (exact) mass is 654 g/mol. The van der Waals surface area contributed by atoms with Crippen molar-refractivity contribution in [2.24, 2.45) is 11.7 Å². The van der Waals surface area contributed by atoms with E-state index in [1.807, 2.05) is 0 Å². The lowest BCUT2D eigenvalue weighted by atomic mass is 9.95. The Hall–Kier alpha value is -6.05. The van der Waals surface area contributed by atoms with Crippen molar-refractivity contribution in [3.8, 4) is 23.3 Å². The van der Waals surface area contributed by atoms with Crippen molar-refractivity contribution in [2.75, 3.05) is 57.6 Å². The molecule has 1 atom stereocenters. The highest BCUT2D eigenvalue weighted by Crippen LogP contribution is 2.37. The van der Waals surface area contributed by atoms with Crippen molar-refractivity contribution >= 4 is 40.7 Å². The number of piperidine rings is 1. The highest BCUT2D eigenvalue weighted by molar-refractivity contribution is 5.96. The van der Waals surface area contributed by atoms with E-state index < -0.39 is 39.2 Å². The number of nitrogens with one attached hydrogen (secondary N) is 2. The van der Waals surface area contributed by atoms with Crippen molar-refractivity contribution in [2.45, 2.75) is 19.3 Å². The zero-order valence-electron chi connectivity index (χ0n) is 25.6. The number of carbonyl (C=O) groups is 3. The van der Waals surface area contributed by atoms with Crippen molar-refractivity contribution in [3.05, 3.63) is 67.8 Å². The number of nitro benzene ring substituents is 2. The Morgan fingerprint density at radius 1 is 1.00 bits per heavy atom. The molecule has 1 unspecified atom stereocenters. The van der Waals surface area contributed by atoms with Crippen LogP contribution in [0.15, 0.2) is 36.4 Å². The highest BCUT2D eigenvalue weighted by Gasteiger charge is 2.25. The Morgan fingerprint density at radius 3 is 2.15 bits per heavy atom. The van der Waals surface area contributed by atoms with Crippen LogP contribution in [-0.2, 0) is 4.74 Å². The molecule has 17 heteroatoms. The van der Waals surface area contributed by atoms with Gasteiger partial charge in [0.1, 0.15) is 12.4 Å². The standard InChI is InChI=1S/C30H34N6O11/c1-45-24-17-21(29(38)46-2)15-23(36(43)44)26(24)32-10-4-5-11-33-27-22(35(41)42)14-20(28(31)37)16-25(27)47-13-6-3-8-19-9-7-12-34(18-19)30(39)40/h4-5,14-17,19,32-33H,7-13,18H2,1-2H3,(H2,31,37)(H,39,40)/b5-4+. The van der Waals surface area contributed by atoms with Gasteiger partial charge in [-0.05, 0) is 30.9 Å². The van der Waals surface area contributed by atoms with Crippen LogP contribution in [0.1, 0.15) is 40.0 Å². The first kappa shape index (κ1) is 35.4. The molecule has 1 heterocycles. The van der Waals surface area contributed by atoms with Crippen LogP contribution in [0.3, 0.4) is 0 Å². The SMILES string of the molecule is COC(=O)c1cc(OC)c(NC/C=C/CNc2c(OCC#CCC3CCCN(C(=O)O)C3)cc(C(N)=O)cc2[N+](=O)[O-])c([N+](=O)[O-])c1. The number of anilines is 2. The zero-order chi connectivity index (χ0) is 34.5. The van der Waals surface area contributed by atoms with Gasteiger partial charge in [-0.15, -0.1) is 0 Å². The highest BCUT2D eigenvalue weighted by atomic mass is 16.6. The van der Waals surface area contributed by atoms with Crippen LogP contribution in [0, 0.1) is 38.0 Å². The first-order valence-electron chi connectivity index (χ1n) is 14.2. The number of amides is 2. The quantitative estimate of drug-likeness (QED) is 0.0749. The van der Waals surface area contributed by atoms with Crippen molar-refractivity contribution in [3.63, 3.8) is 0 Å². The summed E-state index contributed by atoms with van der Waals surface area (Å²) in [6.45, 7) is 0.827. The molecule has 3 rings (SSSR count). The van der Waals surface area contributed by atoms with Crippen LogP contribution in [-0.4, -0.2) is 84.8 Å². The molecule has 1 aliphatic heterocycles. The molecule has 2 aromatic carbocycles. The number of nitrogens with two attached hydrogens (primary N) is 1. The second-order valence-corrected chi connectivity index (χ2v) is 10.1. The number of nitro groups is 2. The van der Waals surface area contributed by atoms with E-state index in [1.165, 1.54) is 24.1 Å². The van der Waals surface area contributed by atoms with Crippen LogP contribution < -0.4 is 25.8 Å². The fourth-order valence-electron chi connectivity index (χ4n) is 4.77. The van der Waals surface area contributed by atoms with E-state index in [4.69, 9.17) is 15.2 Å². The summed E-state index contributed by atoms with van der Waals surface area (Å²) < 4.78 is 15.6. The Labute approximate surface area is 268 Å². The minimum absolute atomic E-state index is 0.0277. The van der Waals surface area contributed by atoms with Gasteiger partial charge < -0.3 is 40.6 Å². The molecule has 1 aliphatic rings. The number of rotatable bonds is 14. The second kappa shape index (κ2) is 16.9. The van der Waals surface area contributed by atoms with Crippen LogP contribution in [0.25, 0.3) is 0 Å². The molecule has 2 amide bonds. The van der Waals surface area contributed by atoms with Gasteiger partial charge >= 0.3 is 12.1 Å². The third kappa shape index (κ3) is 9.72. The minimum atomic E-state index is -0.969. The second-order valence-electron chi connectivity index (χ2n) is 10.1. The number of esters is 1. The summed E-state index contributed by atoms with van der Waals surface area (Å²) in [5, 5.41) is 38.5. The number of likely N-dealkylation sites (tertiary alicyclic amines) is 1. The van der Waals surface area contributed by atoms with Gasteiger partial charge in [0.2, 0.25) is 5.91 Å². The zero-order valence-corrected chi connectivity index (χ0v) is 25.6. The van der Waals surface area contributed by atoms with E-state index in [0.29, 0.717) is 19.5 Å². The van der Waals surface area contributed by atoms with E-state index in [1.54, 1.807) is 12.2 Å². The summed E-state index contributed by atoms with van der Waals surface area (Å²) in [4.78, 5) is 58.5. The molecule has 1 fully saturated rings. The predicted molar refractivity (Wildman–Crippen MR) is 169 cm³/mol. The molecule has 0 radical (unpaired) electrons. The predicted octanol–water partition coefficient (Wildman–Crippen LogP) is 3.64.